The van der Waals surface area contributed by atoms with E-state index in [0.717, 1.165) is 10.8 Å². The lowest BCUT2D eigenvalue weighted by Crippen LogP contribution is -1.75. The van der Waals surface area contributed by atoms with Gasteiger partial charge in [0.15, 0.2) is 0 Å². The maximum atomic E-state index is 3.87. The highest BCUT2D eigenvalue weighted by atomic mass is 32.2. The Labute approximate surface area is 61.3 Å². The van der Waals surface area contributed by atoms with Gasteiger partial charge in [0.25, 0.3) is 0 Å². The van der Waals surface area contributed by atoms with Gasteiger partial charge in [-0.3, -0.25) is 4.99 Å². The van der Waals surface area contributed by atoms with E-state index in [2.05, 4.69) is 18.6 Å². The van der Waals surface area contributed by atoms with Crippen LogP contribution in [0.2, 0.25) is 0 Å². The first-order chi connectivity index (χ1) is 4.22. The Kier molecular flexibility index (Phi) is 4.50. The zero-order valence-corrected chi connectivity index (χ0v) is 7.09. The van der Waals surface area contributed by atoms with Crippen LogP contribution in [-0.4, -0.2) is 12.5 Å². The van der Waals surface area contributed by atoms with Crippen molar-refractivity contribution in [3.05, 3.63) is 10.6 Å². The zero-order valence-electron chi connectivity index (χ0n) is 6.27. The number of thioether (sulfide) groups is 1. The molecular weight excluding hydrogens is 130 g/mol. The second-order valence-corrected chi connectivity index (χ2v) is 3.15. The van der Waals surface area contributed by atoms with Crippen LogP contribution in [0.4, 0.5) is 0 Å². The molecule has 0 rings (SSSR count). The molecule has 0 spiro atoms. The molecule has 0 aliphatic carbocycles. The quantitative estimate of drug-likeness (QED) is 0.553. The van der Waals surface area contributed by atoms with Crippen LogP contribution < -0.4 is 0 Å². The predicted octanol–water partition coefficient (Wildman–Crippen LogP) is 2.69. The molecule has 1 nitrogen and oxygen atoms in total. The first-order valence-electron chi connectivity index (χ1n) is 2.99. The van der Waals surface area contributed by atoms with E-state index in [9.17, 15) is 0 Å². The van der Waals surface area contributed by atoms with Crippen molar-refractivity contribution >= 4 is 18.5 Å². The summed E-state index contributed by atoms with van der Waals surface area (Å²) >= 11 is 1.73. The van der Waals surface area contributed by atoms with E-state index < -0.39 is 0 Å². The van der Waals surface area contributed by atoms with Crippen LogP contribution in [0.15, 0.2) is 15.6 Å². The first-order valence-corrected chi connectivity index (χ1v) is 3.98. The summed E-state index contributed by atoms with van der Waals surface area (Å²) in [6, 6.07) is 0. The highest BCUT2D eigenvalue weighted by Gasteiger charge is 1.92. The molecule has 9 heavy (non-hydrogen) atoms. The summed E-state index contributed by atoms with van der Waals surface area (Å²) in [5, 5.41) is 1.07. The molecule has 0 aliphatic rings. The van der Waals surface area contributed by atoms with Crippen LogP contribution >= 0.6 is 11.8 Å². The Morgan fingerprint density at radius 1 is 1.56 bits per heavy atom. The van der Waals surface area contributed by atoms with Gasteiger partial charge in [-0.15, -0.1) is 11.8 Å². The van der Waals surface area contributed by atoms with E-state index in [1.165, 1.54) is 5.57 Å². The summed E-state index contributed by atoms with van der Waals surface area (Å²) in [6.45, 7) is 9.68. The summed E-state index contributed by atoms with van der Waals surface area (Å²) in [4.78, 5) is 3.87. The molecule has 52 valence electrons. The fourth-order valence-corrected chi connectivity index (χ4v) is 1.14. The maximum absolute atomic E-state index is 3.87. The number of hydrogen-bond acceptors (Lipinski definition) is 2. The molecule has 0 unspecified atom stereocenters. The monoisotopic (exact) mass is 143 g/mol. The fourth-order valence-electron chi connectivity index (χ4n) is 0.485. The van der Waals surface area contributed by atoms with Crippen molar-refractivity contribution in [2.24, 2.45) is 4.99 Å². The number of aliphatic imine (C=N–C) groups is 1. The minimum atomic E-state index is 1.07. The molecule has 0 radical (unpaired) electrons. The molecule has 0 amide bonds. The molecule has 0 atom stereocenters. The molecular formula is C7H13NS. The molecule has 0 fully saturated rings. The molecule has 0 aromatic carbocycles. The Bertz CT molecular complexity index is 123. The first kappa shape index (κ1) is 8.76. The number of allylic oxidation sites excluding steroid dienone is 1. The lowest BCUT2D eigenvalue weighted by molar-refractivity contribution is 1.31. The standard InChI is InChI=1S/C7H13NS/c1-5-9-7(8-4)6(2)3/h4-5H2,1-3H3. The van der Waals surface area contributed by atoms with Gasteiger partial charge in [-0.2, -0.15) is 0 Å². The minimum Gasteiger partial charge on any atom is -0.258 e. The number of hydrogen-bond donors (Lipinski definition) is 0. The van der Waals surface area contributed by atoms with Crippen molar-refractivity contribution in [3.8, 4) is 0 Å². The van der Waals surface area contributed by atoms with Crippen molar-refractivity contribution in [3.63, 3.8) is 0 Å². The third-order valence-corrected chi connectivity index (χ3v) is 1.95. The van der Waals surface area contributed by atoms with Gasteiger partial charge in [0.1, 0.15) is 0 Å². The highest BCUT2D eigenvalue weighted by Crippen LogP contribution is 2.19. The van der Waals surface area contributed by atoms with E-state index in [1.54, 1.807) is 11.8 Å². The van der Waals surface area contributed by atoms with Crippen LogP contribution in [-0.2, 0) is 0 Å². The fraction of sp³-hybridized carbons (Fsp3) is 0.571. The van der Waals surface area contributed by atoms with Gasteiger partial charge in [-0.05, 0) is 31.9 Å². The van der Waals surface area contributed by atoms with E-state index >= 15 is 0 Å². The molecule has 0 N–H and O–H groups in total. The normalized spacial score (nSPS) is 8.78. The molecule has 0 aliphatic heterocycles. The topological polar surface area (TPSA) is 12.4 Å². The third kappa shape index (κ3) is 3.36. The number of nitrogens with zero attached hydrogens (tertiary/aromatic N) is 1. The summed E-state index contributed by atoms with van der Waals surface area (Å²) < 4.78 is 0. The second-order valence-electron chi connectivity index (χ2n) is 1.90. The van der Waals surface area contributed by atoms with Gasteiger partial charge in [-0.25, -0.2) is 0 Å². The lowest BCUT2D eigenvalue weighted by Gasteiger charge is -1.98. The Balaban J connectivity index is 3.98. The highest BCUT2D eigenvalue weighted by molar-refractivity contribution is 8.03. The van der Waals surface area contributed by atoms with Crippen LogP contribution in [0.25, 0.3) is 0 Å². The molecule has 0 saturated carbocycles. The predicted molar refractivity (Wildman–Crippen MR) is 46.1 cm³/mol. The van der Waals surface area contributed by atoms with Crippen LogP contribution in [0.1, 0.15) is 20.8 Å². The van der Waals surface area contributed by atoms with Gasteiger partial charge in [0.2, 0.25) is 0 Å². The summed E-state index contributed by atoms with van der Waals surface area (Å²) in [6.07, 6.45) is 0. The molecule has 0 aromatic rings. The van der Waals surface area contributed by atoms with Crippen molar-refractivity contribution in [1.82, 2.24) is 0 Å². The lowest BCUT2D eigenvalue weighted by atomic mass is 10.4. The van der Waals surface area contributed by atoms with E-state index in [0.29, 0.717) is 0 Å². The van der Waals surface area contributed by atoms with E-state index in [4.69, 9.17) is 0 Å². The maximum Gasteiger partial charge on any atom is 0.0938 e. The van der Waals surface area contributed by atoms with Crippen molar-refractivity contribution < 1.29 is 0 Å². The van der Waals surface area contributed by atoms with Crippen LogP contribution in [0.5, 0.6) is 0 Å². The SMILES string of the molecule is C=NC(SCC)=C(C)C. The summed E-state index contributed by atoms with van der Waals surface area (Å²) in [7, 11) is 0. The van der Waals surface area contributed by atoms with Crippen LogP contribution in [0.3, 0.4) is 0 Å². The molecule has 0 bridgehead atoms. The Morgan fingerprint density at radius 2 is 2.11 bits per heavy atom. The van der Waals surface area contributed by atoms with Crippen molar-refractivity contribution in [2.75, 3.05) is 5.75 Å². The average Bonchev–Trinajstić information content (AvgIpc) is 1.82. The smallest absolute Gasteiger partial charge is 0.0938 e. The van der Waals surface area contributed by atoms with Gasteiger partial charge < -0.3 is 0 Å². The summed E-state index contributed by atoms with van der Waals surface area (Å²) in [5.74, 6) is 1.07. The Morgan fingerprint density at radius 3 is 2.22 bits per heavy atom. The molecule has 0 aromatic heterocycles. The zero-order chi connectivity index (χ0) is 7.28. The molecule has 0 heterocycles. The van der Waals surface area contributed by atoms with Crippen molar-refractivity contribution in [1.29, 1.82) is 0 Å². The third-order valence-electron chi connectivity index (χ3n) is 0.852. The van der Waals surface area contributed by atoms with Crippen LogP contribution in [0, 0.1) is 0 Å². The van der Waals surface area contributed by atoms with E-state index in [-0.39, 0.29) is 0 Å². The van der Waals surface area contributed by atoms with Gasteiger partial charge in [0, 0.05) is 0 Å². The number of rotatable bonds is 3. The molecule has 0 saturated heterocycles. The van der Waals surface area contributed by atoms with E-state index in [1.807, 2.05) is 13.8 Å². The van der Waals surface area contributed by atoms with Crippen molar-refractivity contribution in [2.45, 2.75) is 20.8 Å². The molecule has 2 heteroatoms. The largest absolute Gasteiger partial charge is 0.258 e. The average molecular weight is 143 g/mol. The Hall–Kier alpha value is -0.240. The summed E-state index contributed by atoms with van der Waals surface area (Å²) in [5.41, 5.74) is 1.25. The second kappa shape index (κ2) is 4.62. The van der Waals surface area contributed by atoms with Gasteiger partial charge in [0.05, 0.1) is 5.03 Å². The minimum absolute atomic E-state index is 1.07. The van der Waals surface area contributed by atoms with Gasteiger partial charge >= 0.3 is 0 Å². The van der Waals surface area contributed by atoms with Gasteiger partial charge in [-0.1, -0.05) is 6.92 Å².